The Kier molecular flexibility index (Phi) is 31.0. The normalized spacial score (nSPS) is 15.2. The average Bonchev–Trinajstić information content (AvgIpc) is 3.03. The molecule has 19 heteroatoms. The Labute approximate surface area is 302 Å². The van der Waals surface area contributed by atoms with Gasteiger partial charge in [-0.15, -0.1) is 0 Å². The van der Waals surface area contributed by atoms with Gasteiger partial charge in [0.2, 0.25) is 0 Å². The van der Waals surface area contributed by atoms with Gasteiger partial charge in [-0.1, -0.05) is 33.1 Å². The van der Waals surface area contributed by atoms with Crippen molar-refractivity contribution in [2.75, 3.05) is 112 Å². The molecule has 302 valence electrons. The number of aliphatic hydroxyl groups excluding tert-OH is 3. The van der Waals surface area contributed by atoms with Crippen molar-refractivity contribution in [3.63, 3.8) is 0 Å². The summed E-state index contributed by atoms with van der Waals surface area (Å²) in [7, 11) is -8.29. The van der Waals surface area contributed by atoms with Crippen LogP contribution in [0, 0.1) is 5.92 Å². The van der Waals surface area contributed by atoms with Crippen molar-refractivity contribution in [3.8, 4) is 0 Å². The molecule has 13 N–H and O–H groups in total. The van der Waals surface area contributed by atoms with Crippen molar-refractivity contribution in [1.82, 2.24) is 20.4 Å². The Balaban J connectivity index is 5.27. The first-order chi connectivity index (χ1) is 23.7. The van der Waals surface area contributed by atoms with Gasteiger partial charge in [0.25, 0.3) is 0 Å². The molecule has 0 bridgehead atoms. The fraction of sp³-hybridized carbons (Fsp3) is 1.00. The molecule has 0 saturated heterocycles. The van der Waals surface area contributed by atoms with Crippen LogP contribution in [0.4, 0.5) is 0 Å². The van der Waals surface area contributed by atoms with Crippen LogP contribution in [0.15, 0.2) is 0 Å². The number of nitrogens with two attached hydrogens (primary N) is 1. The smallest absolute Gasteiger partial charge is 0.390 e. The SMILES string of the molecule is CCCCC(CC)COCC(O)CN(CCNCCNCCN)CCN(CC(O)COCCC[Si](O)(O)O)CC(O)COCCC[Si](O)(O)O. The van der Waals surface area contributed by atoms with E-state index in [1.807, 2.05) is 4.90 Å². The molecule has 50 heavy (non-hydrogen) atoms. The predicted molar refractivity (Wildman–Crippen MR) is 195 cm³/mol. The number of aliphatic hydroxyl groups is 3. The highest BCUT2D eigenvalue weighted by Gasteiger charge is 2.26. The van der Waals surface area contributed by atoms with Crippen molar-refractivity contribution < 1.29 is 58.3 Å². The van der Waals surface area contributed by atoms with Gasteiger partial charge in [0.1, 0.15) is 0 Å². The third-order valence-electron chi connectivity index (χ3n) is 7.97. The fourth-order valence-electron chi connectivity index (χ4n) is 5.18. The minimum atomic E-state index is -4.15. The van der Waals surface area contributed by atoms with Gasteiger partial charge in [0.15, 0.2) is 0 Å². The lowest BCUT2D eigenvalue weighted by Gasteiger charge is -2.31. The second-order valence-electron chi connectivity index (χ2n) is 13.2. The van der Waals surface area contributed by atoms with E-state index in [9.17, 15) is 15.3 Å². The lowest BCUT2D eigenvalue weighted by Crippen LogP contribution is -2.47. The van der Waals surface area contributed by atoms with Gasteiger partial charge in [-0.25, -0.2) is 0 Å². The molecule has 0 aliphatic carbocycles. The molecule has 0 rings (SSSR count). The molecule has 0 fully saturated rings. The molecule has 0 amide bonds. The molecule has 17 nitrogen and oxygen atoms in total. The van der Waals surface area contributed by atoms with E-state index in [4.69, 9.17) is 48.7 Å². The van der Waals surface area contributed by atoms with E-state index in [0.29, 0.717) is 51.8 Å². The molecule has 4 atom stereocenters. The van der Waals surface area contributed by atoms with E-state index in [-0.39, 0.29) is 71.1 Å². The standard InChI is InChI=1S/C31H73N5O12Si2/c1-3-5-8-28(4-2)24-48-27-29(37)21-35(14-13-34-12-11-33-10-9-32)15-16-36(22-30(38)25-46-17-6-19-49(40,41)42)23-31(39)26-47-18-7-20-50(43,44)45/h28-31,33-34,37-45H,3-27,32H2,1-2H3. The van der Waals surface area contributed by atoms with Gasteiger partial charge < -0.3 is 74.7 Å². The van der Waals surface area contributed by atoms with Crippen molar-refractivity contribution >= 4 is 17.6 Å². The quantitative estimate of drug-likeness (QED) is 0.0218. The molecule has 0 aromatic carbocycles. The van der Waals surface area contributed by atoms with Gasteiger partial charge in [0.05, 0.1) is 38.1 Å². The Morgan fingerprint density at radius 2 is 1.08 bits per heavy atom. The summed E-state index contributed by atoms with van der Waals surface area (Å²) in [6, 6.07) is -0.327. The maximum atomic E-state index is 10.9. The molecule has 0 heterocycles. The van der Waals surface area contributed by atoms with Crippen molar-refractivity contribution in [3.05, 3.63) is 0 Å². The van der Waals surface area contributed by atoms with Gasteiger partial charge >= 0.3 is 17.6 Å². The highest BCUT2D eigenvalue weighted by molar-refractivity contribution is 6.56. The van der Waals surface area contributed by atoms with Crippen molar-refractivity contribution in [1.29, 1.82) is 0 Å². The van der Waals surface area contributed by atoms with Crippen LogP contribution in [0.5, 0.6) is 0 Å². The van der Waals surface area contributed by atoms with E-state index in [0.717, 1.165) is 45.3 Å². The first kappa shape index (κ1) is 49.8. The third-order valence-corrected chi connectivity index (χ3v) is 10.0. The minimum absolute atomic E-state index is 0.0338. The van der Waals surface area contributed by atoms with Gasteiger partial charge in [-0.2, -0.15) is 0 Å². The van der Waals surface area contributed by atoms with E-state index in [1.165, 1.54) is 0 Å². The summed E-state index contributed by atoms with van der Waals surface area (Å²) < 4.78 is 16.8. The molecule has 0 aliphatic heterocycles. The highest BCUT2D eigenvalue weighted by Crippen LogP contribution is 2.13. The second-order valence-corrected chi connectivity index (χ2v) is 17.3. The summed E-state index contributed by atoms with van der Waals surface area (Å²) >= 11 is 0. The fourth-order valence-corrected chi connectivity index (χ4v) is 6.42. The summed E-state index contributed by atoms with van der Waals surface area (Å²) in [6.45, 7) is 11.2. The Morgan fingerprint density at radius 3 is 1.56 bits per heavy atom. The number of hydrogen-bond donors (Lipinski definition) is 12. The summed E-state index contributed by atoms with van der Waals surface area (Å²) in [4.78, 5) is 59.0. The first-order valence-corrected chi connectivity index (χ1v) is 22.5. The summed E-state index contributed by atoms with van der Waals surface area (Å²) in [5, 5.41) is 39.0. The Bertz CT molecular complexity index is 730. The van der Waals surface area contributed by atoms with Crippen LogP contribution in [0.2, 0.25) is 12.1 Å². The number of rotatable bonds is 37. The summed E-state index contributed by atoms with van der Waals surface area (Å²) in [5.74, 6) is 0.471. The molecule has 0 spiro atoms. The summed E-state index contributed by atoms with van der Waals surface area (Å²) in [6.07, 6.45) is 2.34. The van der Waals surface area contributed by atoms with E-state index >= 15 is 0 Å². The third kappa shape index (κ3) is 33.6. The van der Waals surface area contributed by atoms with Crippen LogP contribution < -0.4 is 16.4 Å². The number of nitrogens with one attached hydrogen (secondary N) is 2. The number of unbranched alkanes of at least 4 members (excludes halogenated alkanes) is 1. The number of nitrogens with zero attached hydrogens (tertiary/aromatic N) is 2. The predicted octanol–water partition coefficient (Wildman–Crippen LogP) is -3.31. The zero-order valence-electron chi connectivity index (χ0n) is 30.7. The molecular weight excluding hydrogens is 691 g/mol. The first-order valence-electron chi connectivity index (χ1n) is 18.4. The van der Waals surface area contributed by atoms with Crippen LogP contribution in [0.25, 0.3) is 0 Å². The van der Waals surface area contributed by atoms with E-state index < -0.39 is 35.9 Å². The van der Waals surface area contributed by atoms with E-state index in [1.54, 1.807) is 0 Å². The van der Waals surface area contributed by atoms with E-state index in [2.05, 4.69) is 29.4 Å². The molecule has 0 aromatic rings. The maximum Gasteiger partial charge on any atom is 0.492 e. The Morgan fingerprint density at radius 1 is 0.600 bits per heavy atom. The van der Waals surface area contributed by atoms with Crippen LogP contribution >= 0.6 is 0 Å². The summed E-state index contributed by atoms with van der Waals surface area (Å²) in [5.41, 5.74) is 5.53. The van der Waals surface area contributed by atoms with Crippen LogP contribution in [-0.2, 0) is 14.2 Å². The zero-order valence-corrected chi connectivity index (χ0v) is 32.7. The lowest BCUT2D eigenvalue weighted by atomic mass is 10.0. The second kappa shape index (κ2) is 31.1. The van der Waals surface area contributed by atoms with Crippen molar-refractivity contribution in [2.24, 2.45) is 11.7 Å². The van der Waals surface area contributed by atoms with Crippen LogP contribution in [-0.4, -0.2) is 201 Å². The topological polar surface area (TPSA) is 266 Å². The molecule has 0 aromatic heterocycles. The molecule has 0 saturated carbocycles. The number of ether oxygens (including phenoxy) is 3. The maximum absolute atomic E-state index is 10.9. The molecule has 4 unspecified atom stereocenters. The average molecular weight is 764 g/mol. The van der Waals surface area contributed by atoms with Crippen molar-refractivity contribution in [2.45, 2.75) is 82.8 Å². The monoisotopic (exact) mass is 763 g/mol. The molecule has 0 aliphatic rings. The highest BCUT2D eigenvalue weighted by atomic mass is 28.4. The Hall–Kier alpha value is -0.246. The van der Waals surface area contributed by atoms with Crippen LogP contribution in [0.1, 0.15) is 52.4 Å². The minimum Gasteiger partial charge on any atom is -0.390 e. The van der Waals surface area contributed by atoms with Gasteiger partial charge in [0, 0.05) is 104 Å². The zero-order chi connectivity index (χ0) is 37.7. The number of hydrogen-bond acceptors (Lipinski definition) is 17. The molecule has 0 radical (unpaired) electrons. The lowest BCUT2D eigenvalue weighted by molar-refractivity contribution is -0.0164. The molecular formula is C31H73N5O12Si2. The van der Waals surface area contributed by atoms with Gasteiger partial charge in [-0.3, -0.25) is 9.80 Å². The largest absolute Gasteiger partial charge is 0.492 e. The van der Waals surface area contributed by atoms with Gasteiger partial charge in [-0.05, 0) is 25.2 Å². The van der Waals surface area contributed by atoms with Crippen LogP contribution in [0.3, 0.4) is 0 Å².